The fourth-order valence-electron chi connectivity index (χ4n) is 2.63. The van der Waals surface area contributed by atoms with Crippen molar-refractivity contribution in [2.75, 3.05) is 0 Å². The van der Waals surface area contributed by atoms with Gasteiger partial charge in [-0.3, -0.25) is 0 Å². The summed E-state index contributed by atoms with van der Waals surface area (Å²) in [5.41, 5.74) is 5.11. The summed E-state index contributed by atoms with van der Waals surface area (Å²) in [6, 6.07) is 14.8. The van der Waals surface area contributed by atoms with Gasteiger partial charge in [-0.1, -0.05) is 43.7 Å². The van der Waals surface area contributed by atoms with Crippen LogP contribution >= 0.6 is 0 Å². The first-order valence-electron chi connectivity index (χ1n) is 7.42. The van der Waals surface area contributed by atoms with Crippen molar-refractivity contribution in [3.8, 4) is 11.5 Å². The van der Waals surface area contributed by atoms with Crippen molar-refractivity contribution < 1.29 is 10.2 Å². The number of phenolic OH excluding ortho intramolecular Hbond substituents is 2. The Kier molecular flexibility index (Phi) is 5.04. The van der Waals surface area contributed by atoms with Crippen LogP contribution < -0.4 is 0 Å². The number of aromatic hydroxyl groups is 2. The Morgan fingerprint density at radius 1 is 0.762 bits per heavy atom. The van der Waals surface area contributed by atoms with Gasteiger partial charge in [0.15, 0.2) is 0 Å². The number of benzene rings is 2. The first kappa shape index (κ1) is 15.2. The van der Waals surface area contributed by atoms with Crippen LogP contribution in [0.4, 0.5) is 0 Å². The molecule has 0 aliphatic heterocycles. The molecule has 0 amide bonds. The van der Waals surface area contributed by atoms with E-state index in [1.807, 2.05) is 24.3 Å². The Balaban J connectivity index is 2.34. The van der Waals surface area contributed by atoms with Crippen molar-refractivity contribution in [3.63, 3.8) is 0 Å². The highest BCUT2D eigenvalue weighted by Crippen LogP contribution is 2.28. The zero-order valence-corrected chi connectivity index (χ0v) is 12.6. The highest BCUT2D eigenvalue weighted by atomic mass is 16.3. The van der Waals surface area contributed by atoms with Crippen LogP contribution in [0.1, 0.15) is 37.8 Å². The van der Waals surface area contributed by atoms with E-state index in [0.29, 0.717) is 11.5 Å². The molecule has 2 heteroatoms. The molecule has 0 aliphatic rings. The normalized spacial score (nSPS) is 12.1. The van der Waals surface area contributed by atoms with E-state index >= 15 is 0 Å². The molecule has 0 saturated carbocycles. The van der Waals surface area contributed by atoms with E-state index in [9.17, 15) is 10.2 Å². The summed E-state index contributed by atoms with van der Waals surface area (Å²) in [6.07, 6.45) is 2.85. The summed E-state index contributed by atoms with van der Waals surface area (Å²) in [4.78, 5) is 0. The van der Waals surface area contributed by atoms with Crippen LogP contribution in [0.15, 0.2) is 54.1 Å². The smallest absolute Gasteiger partial charge is 0.115 e. The Hall–Kier alpha value is -2.22. The largest absolute Gasteiger partial charge is 0.508 e. The number of rotatable bonds is 5. The van der Waals surface area contributed by atoms with E-state index < -0.39 is 0 Å². The Labute approximate surface area is 126 Å². The lowest BCUT2D eigenvalue weighted by Gasteiger charge is -2.14. The molecule has 0 saturated heterocycles. The molecular formula is C19H22O2. The number of hydrogen-bond acceptors (Lipinski definition) is 2. The molecule has 2 aromatic rings. The first-order valence-corrected chi connectivity index (χ1v) is 7.42. The van der Waals surface area contributed by atoms with Crippen LogP contribution in [-0.4, -0.2) is 10.2 Å². The molecule has 0 heterocycles. The standard InChI is InChI=1S/C19H22O2/c1-3-15(13-14-5-9-17(20)10-6-14)19(4-2)16-7-11-18(21)12-8-16/h5-12,20-21H,3-4,13H2,1-2H3. The molecule has 0 spiro atoms. The summed E-state index contributed by atoms with van der Waals surface area (Å²) < 4.78 is 0. The van der Waals surface area contributed by atoms with E-state index in [2.05, 4.69) is 13.8 Å². The van der Waals surface area contributed by atoms with Crippen molar-refractivity contribution in [3.05, 3.63) is 65.2 Å². The lowest BCUT2D eigenvalue weighted by molar-refractivity contribution is 0.474. The van der Waals surface area contributed by atoms with Crippen LogP contribution in [-0.2, 0) is 6.42 Å². The Morgan fingerprint density at radius 3 is 1.76 bits per heavy atom. The molecule has 0 bridgehead atoms. The van der Waals surface area contributed by atoms with Crippen LogP contribution in [0, 0.1) is 0 Å². The van der Waals surface area contributed by atoms with E-state index in [-0.39, 0.29) is 0 Å². The molecule has 0 atom stereocenters. The monoisotopic (exact) mass is 282 g/mol. The molecule has 0 radical (unpaired) electrons. The maximum atomic E-state index is 9.43. The van der Waals surface area contributed by atoms with Gasteiger partial charge in [0.25, 0.3) is 0 Å². The second-order valence-corrected chi connectivity index (χ2v) is 5.18. The van der Waals surface area contributed by atoms with Crippen LogP contribution in [0.2, 0.25) is 0 Å². The summed E-state index contributed by atoms with van der Waals surface area (Å²) in [7, 11) is 0. The third kappa shape index (κ3) is 3.88. The van der Waals surface area contributed by atoms with Crippen molar-refractivity contribution in [2.24, 2.45) is 0 Å². The van der Waals surface area contributed by atoms with Gasteiger partial charge in [0, 0.05) is 0 Å². The maximum absolute atomic E-state index is 9.43. The third-order valence-corrected chi connectivity index (χ3v) is 3.78. The molecule has 2 rings (SSSR count). The van der Waals surface area contributed by atoms with Gasteiger partial charge < -0.3 is 10.2 Å². The summed E-state index contributed by atoms with van der Waals surface area (Å²) in [5, 5.41) is 18.8. The first-order chi connectivity index (χ1) is 10.1. The van der Waals surface area contributed by atoms with Gasteiger partial charge in [-0.15, -0.1) is 0 Å². The predicted molar refractivity (Wildman–Crippen MR) is 87.4 cm³/mol. The topological polar surface area (TPSA) is 40.5 Å². The average Bonchev–Trinajstić information content (AvgIpc) is 2.50. The molecule has 0 fully saturated rings. The van der Waals surface area contributed by atoms with Crippen molar-refractivity contribution in [1.29, 1.82) is 0 Å². The fraction of sp³-hybridized carbons (Fsp3) is 0.263. The predicted octanol–water partition coefficient (Wildman–Crippen LogP) is 4.91. The molecule has 2 nitrogen and oxygen atoms in total. The molecule has 0 aromatic heterocycles. The Morgan fingerprint density at radius 2 is 1.29 bits per heavy atom. The van der Waals surface area contributed by atoms with Gasteiger partial charge in [-0.05, 0) is 60.2 Å². The highest BCUT2D eigenvalue weighted by molar-refractivity contribution is 5.69. The zero-order valence-electron chi connectivity index (χ0n) is 12.6. The van der Waals surface area contributed by atoms with Crippen LogP contribution in [0.3, 0.4) is 0 Å². The van der Waals surface area contributed by atoms with Gasteiger partial charge >= 0.3 is 0 Å². The maximum Gasteiger partial charge on any atom is 0.115 e. The summed E-state index contributed by atoms with van der Waals surface area (Å²) >= 11 is 0. The van der Waals surface area contributed by atoms with Crippen molar-refractivity contribution >= 4 is 5.57 Å². The minimum Gasteiger partial charge on any atom is -0.508 e. The van der Waals surface area contributed by atoms with Crippen LogP contribution in [0.25, 0.3) is 5.57 Å². The number of hydrogen-bond donors (Lipinski definition) is 2. The SMILES string of the molecule is CCC(Cc1ccc(O)cc1)=C(CC)c1ccc(O)cc1. The van der Waals surface area contributed by atoms with E-state index in [1.54, 1.807) is 24.3 Å². The Bertz CT molecular complexity index is 607. The molecule has 0 aliphatic carbocycles. The number of phenols is 2. The molecule has 2 N–H and O–H groups in total. The quantitative estimate of drug-likeness (QED) is 0.817. The van der Waals surface area contributed by atoms with Gasteiger partial charge in [0.05, 0.1) is 0 Å². The minimum absolute atomic E-state index is 0.297. The molecule has 110 valence electrons. The minimum atomic E-state index is 0.297. The van der Waals surface area contributed by atoms with Gasteiger partial charge in [0.2, 0.25) is 0 Å². The molecule has 2 aromatic carbocycles. The summed E-state index contributed by atoms with van der Waals surface area (Å²) in [6.45, 7) is 4.33. The van der Waals surface area contributed by atoms with Crippen molar-refractivity contribution in [1.82, 2.24) is 0 Å². The lowest BCUT2D eigenvalue weighted by Crippen LogP contribution is -1.96. The summed E-state index contributed by atoms with van der Waals surface area (Å²) in [5.74, 6) is 0.598. The van der Waals surface area contributed by atoms with Crippen LogP contribution in [0.5, 0.6) is 11.5 Å². The van der Waals surface area contributed by atoms with E-state index in [1.165, 1.54) is 22.3 Å². The molecule has 21 heavy (non-hydrogen) atoms. The van der Waals surface area contributed by atoms with Gasteiger partial charge in [-0.25, -0.2) is 0 Å². The van der Waals surface area contributed by atoms with Crippen molar-refractivity contribution in [2.45, 2.75) is 33.1 Å². The molecule has 0 unspecified atom stereocenters. The second kappa shape index (κ2) is 6.98. The van der Waals surface area contributed by atoms with E-state index in [4.69, 9.17) is 0 Å². The average molecular weight is 282 g/mol. The third-order valence-electron chi connectivity index (χ3n) is 3.78. The van der Waals surface area contributed by atoms with E-state index in [0.717, 1.165) is 19.3 Å². The lowest BCUT2D eigenvalue weighted by atomic mass is 9.92. The zero-order chi connectivity index (χ0) is 15.2. The fourth-order valence-corrected chi connectivity index (χ4v) is 2.63. The van der Waals surface area contributed by atoms with Gasteiger partial charge in [-0.2, -0.15) is 0 Å². The second-order valence-electron chi connectivity index (χ2n) is 5.18. The molecular weight excluding hydrogens is 260 g/mol. The highest BCUT2D eigenvalue weighted by Gasteiger charge is 2.08. The van der Waals surface area contributed by atoms with Gasteiger partial charge in [0.1, 0.15) is 11.5 Å². The number of allylic oxidation sites excluding steroid dienone is 2.